The molecular formula is C11H9F5INO2. The summed E-state index contributed by atoms with van der Waals surface area (Å²) < 4.78 is 67.7. The maximum absolute atomic E-state index is 12.7. The fraction of sp³-hybridized carbons (Fsp3) is 0.455. The molecule has 0 aliphatic heterocycles. The Morgan fingerprint density at radius 1 is 1.45 bits per heavy atom. The van der Waals surface area contributed by atoms with Gasteiger partial charge in [-0.15, -0.1) is 0 Å². The van der Waals surface area contributed by atoms with Gasteiger partial charge in [0.2, 0.25) is 0 Å². The van der Waals surface area contributed by atoms with Crippen LogP contribution in [0.15, 0.2) is 6.07 Å². The highest BCUT2D eigenvalue weighted by atomic mass is 127. The summed E-state index contributed by atoms with van der Waals surface area (Å²) in [4.78, 5) is 14.4. The molecule has 1 aromatic heterocycles. The molecule has 0 aliphatic carbocycles. The number of hydrogen-bond donors (Lipinski definition) is 0. The van der Waals surface area contributed by atoms with E-state index in [0.717, 1.165) is 0 Å². The van der Waals surface area contributed by atoms with Crippen molar-refractivity contribution in [1.82, 2.24) is 4.98 Å². The normalized spacial score (nSPS) is 11.8. The van der Waals surface area contributed by atoms with Gasteiger partial charge in [0, 0.05) is 5.56 Å². The summed E-state index contributed by atoms with van der Waals surface area (Å²) in [6, 6.07) is 0.652. The van der Waals surface area contributed by atoms with Gasteiger partial charge in [-0.25, -0.2) is 13.8 Å². The number of pyridine rings is 1. The molecule has 0 N–H and O–H groups in total. The zero-order valence-corrected chi connectivity index (χ0v) is 12.3. The van der Waals surface area contributed by atoms with E-state index in [1.165, 1.54) is 22.6 Å². The molecule has 20 heavy (non-hydrogen) atoms. The summed E-state index contributed by atoms with van der Waals surface area (Å²) in [7, 11) is 0. The van der Waals surface area contributed by atoms with Crippen molar-refractivity contribution >= 4 is 28.6 Å². The second kappa shape index (κ2) is 6.64. The van der Waals surface area contributed by atoms with Crippen LogP contribution in [-0.2, 0) is 22.1 Å². The van der Waals surface area contributed by atoms with Crippen molar-refractivity contribution in [2.24, 2.45) is 0 Å². The number of alkyl halides is 5. The van der Waals surface area contributed by atoms with Gasteiger partial charge < -0.3 is 4.74 Å². The van der Waals surface area contributed by atoms with Gasteiger partial charge in [-0.3, -0.25) is 4.79 Å². The van der Waals surface area contributed by atoms with Crippen molar-refractivity contribution in [2.75, 3.05) is 6.61 Å². The molecule has 0 bridgehead atoms. The van der Waals surface area contributed by atoms with Crippen LogP contribution in [-0.4, -0.2) is 17.6 Å². The first-order chi connectivity index (χ1) is 9.16. The van der Waals surface area contributed by atoms with E-state index in [9.17, 15) is 26.7 Å². The SMILES string of the molecule is CCOC(=O)Cc1cc(C(F)F)c(C(F)(F)F)nc1I. The summed E-state index contributed by atoms with van der Waals surface area (Å²) in [5, 5.41) is 0. The topological polar surface area (TPSA) is 39.2 Å². The zero-order valence-electron chi connectivity index (χ0n) is 10.1. The Kier molecular flexibility index (Phi) is 5.66. The van der Waals surface area contributed by atoms with E-state index in [2.05, 4.69) is 9.72 Å². The number of aromatic nitrogens is 1. The molecule has 0 aliphatic rings. The van der Waals surface area contributed by atoms with Crippen molar-refractivity contribution in [3.63, 3.8) is 0 Å². The molecule has 112 valence electrons. The number of halogens is 6. The standard InChI is InChI=1S/C11H9F5INO2/c1-2-20-7(19)4-5-3-6(9(12)13)8(11(14,15)16)18-10(5)17/h3,9H,2,4H2,1H3. The summed E-state index contributed by atoms with van der Waals surface area (Å²) in [6.07, 6.45) is -8.72. The van der Waals surface area contributed by atoms with Crippen LogP contribution in [0.2, 0.25) is 0 Å². The Bertz CT molecular complexity index is 504. The van der Waals surface area contributed by atoms with E-state index in [1.807, 2.05) is 0 Å². The average molecular weight is 409 g/mol. The second-order valence-corrected chi connectivity index (χ2v) is 4.68. The minimum Gasteiger partial charge on any atom is -0.466 e. The second-order valence-electron chi connectivity index (χ2n) is 3.66. The molecule has 0 spiro atoms. The molecule has 1 aromatic rings. The molecule has 0 radical (unpaired) electrons. The van der Waals surface area contributed by atoms with Gasteiger partial charge in [0.05, 0.1) is 13.0 Å². The number of nitrogens with zero attached hydrogens (tertiary/aromatic N) is 1. The summed E-state index contributed by atoms with van der Waals surface area (Å²) in [5.41, 5.74) is -2.89. The lowest BCUT2D eigenvalue weighted by molar-refractivity contribution is -0.143. The van der Waals surface area contributed by atoms with Gasteiger partial charge in [-0.1, -0.05) is 0 Å². The van der Waals surface area contributed by atoms with E-state index in [4.69, 9.17) is 0 Å². The Balaban J connectivity index is 3.24. The van der Waals surface area contributed by atoms with E-state index in [0.29, 0.717) is 6.07 Å². The first kappa shape index (κ1) is 17.1. The number of esters is 1. The average Bonchev–Trinajstić information content (AvgIpc) is 2.30. The molecule has 0 fully saturated rings. The van der Waals surface area contributed by atoms with Crippen LogP contribution in [0.4, 0.5) is 22.0 Å². The highest BCUT2D eigenvalue weighted by Crippen LogP contribution is 2.36. The predicted octanol–water partition coefficient (Wildman–Crippen LogP) is 3.75. The van der Waals surface area contributed by atoms with Gasteiger partial charge in [-0.2, -0.15) is 13.2 Å². The molecule has 1 heterocycles. The van der Waals surface area contributed by atoms with E-state index in [-0.39, 0.29) is 15.9 Å². The lowest BCUT2D eigenvalue weighted by Gasteiger charge is -2.14. The Morgan fingerprint density at radius 2 is 2.05 bits per heavy atom. The third-order valence-corrected chi connectivity index (χ3v) is 3.16. The summed E-state index contributed by atoms with van der Waals surface area (Å²) in [6.45, 7) is 1.64. The maximum Gasteiger partial charge on any atom is 0.433 e. The lowest BCUT2D eigenvalue weighted by atomic mass is 10.1. The highest BCUT2D eigenvalue weighted by molar-refractivity contribution is 14.1. The number of carbonyl (C=O) groups excluding carboxylic acids is 1. The van der Waals surface area contributed by atoms with E-state index in [1.54, 1.807) is 6.92 Å². The van der Waals surface area contributed by atoms with Crippen molar-refractivity contribution in [3.05, 3.63) is 26.6 Å². The molecule has 1 rings (SSSR count). The smallest absolute Gasteiger partial charge is 0.433 e. The number of hydrogen-bond acceptors (Lipinski definition) is 3. The number of carbonyl (C=O) groups is 1. The molecule has 0 saturated carbocycles. The third-order valence-electron chi connectivity index (χ3n) is 2.22. The van der Waals surface area contributed by atoms with Crippen LogP contribution in [0, 0.1) is 3.70 Å². The molecule has 0 unspecified atom stereocenters. The largest absolute Gasteiger partial charge is 0.466 e. The van der Waals surface area contributed by atoms with Gasteiger partial charge in [0.25, 0.3) is 6.43 Å². The quantitative estimate of drug-likeness (QED) is 0.329. The molecule has 0 amide bonds. The minimum absolute atomic E-state index is 0.0210. The Labute approximate surface area is 124 Å². The monoisotopic (exact) mass is 409 g/mol. The van der Waals surface area contributed by atoms with Crippen molar-refractivity contribution in [2.45, 2.75) is 25.9 Å². The Hall–Kier alpha value is -1.00. The van der Waals surface area contributed by atoms with Crippen LogP contribution < -0.4 is 0 Å². The van der Waals surface area contributed by atoms with Crippen molar-refractivity contribution < 1.29 is 31.5 Å². The zero-order chi connectivity index (χ0) is 15.5. The molecular weight excluding hydrogens is 400 g/mol. The van der Waals surface area contributed by atoms with Crippen LogP contribution >= 0.6 is 22.6 Å². The fourth-order valence-electron chi connectivity index (χ4n) is 1.44. The first-order valence-electron chi connectivity index (χ1n) is 5.37. The van der Waals surface area contributed by atoms with Crippen LogP contribution in [0.3, 0.4) is 0 Å². The highest BCUT2D eigenvalue weighted by Gasteiger charge is 2.38. The van der Waals surface area contributed by atoms with Crippen molar-refractivity contribution in [3.8, 4) is 0 Å². The molecule has 0 saturated heterocycles. The van der Waals surface area contributed by atoms with Crippen LogP contribution in [0.25, 0.3) is 0 Å². The molecule has 9 heteroatoms. The predicted molar refractivity (Wildman–Crippen MR) is 67.3 cm³/mol. The van der Waals surface area contributed by atoms with Gasteiger partial charge >= 0.3 is 12.1 Å². The first-order valence-corrected chi connectivity index (χ1v) is 6.45. The van der Waals surface area contributed by atoms with Gasteiger partial charge in [-0.05, 0) is 41.1 Å². The molecule has 0 aromatic carbocycles. The Morgan fingerprint density at radius 3 is 2.50 bits per heavy atom. The lowest BCUT2D eigenvalue weighted by Crippen LogP contribution is -2.16. The van der Waals surface area contributed by atoms with Gasteiger partial charge in [0.15, 0.2) is 5.69 Å². The van der Waals surface area contributed by atoms with Crippen LogP contribution in [0.5, 0.6) is 0 Å². The van der Waals surface area contributed by atoms with E-state index < -0.39 is 36.2 Å². The maximum atomic E-state index is 12.7. The fourth-order valence-corrected chi connectivity index (χ4v) is 2.02. The van der Waals surface area contributed by atoms with Gasteiger partial charge in [0.1, 0.15) is 3.70 Å². The summed E-state index contributed by atoms with van der Waals surface area (Å²) >= 11 is 1.46. The number of ether oxygens (including phenoxy) is 1. The third kappa shape index (κ3) is 4.25. The number of rotatable bonds is 4. The summed E-state index contributed by atoms with van der Waals surface area (Å²) in [5.74, 6) is -0.716. The molecule has 3 nitrogen and oxygen atoms in total. The van der Waals surface area contributed by atoms with Crippen molar-refractivity contribution in [1.29, 1.82) is 0 Å². The van der Waals surface area contributed by atoms with E-state index >= 15 is 0 Å². The van der Waals surface area contributed by atoms with Crippen LogP contribution in [0.1, 0.15) is 30.2 Å². The minimum atomic E-state index is -4.98. The molecule has 0 atom stereocenters.